The van der Waals surface area contributed by atoms with Crippen LogP contribution in [-0.4, -0.2) is 67.7 Å². The lowest BCUT2D eigenvalue weighted by atomic mass is 10.2. The highest BCUT2D eigenvalue weighted by Gasteiger charge is 2.39. The van der Waals surface area contributed by atoms with E-state index in [1.165, 1.54) is 4.90 Å². The van der Waals surface area contributed by atoms with E-state index >= 15 is 0 Å². The molecule has 0 radical (unpaired) electrons. The molecule has 1 atom stereocenters. The highest BCUT2D eigenvalue weighted by Crippen LogP contribution is 2.11. The highest BCUT2D eigenvalue weighted by atomic mass is 32.2. The third kappa shape index (κ3) is 5.28. The van der Waals surface area contributed by atoms with Crippen molar-refractivity contribution in [2.75, 3.05) is 25.6 Å². The van der Waals surface area contributed by atoms with Crippen LogP contribution in [-0.2, 0) is 26.0 Å². The number of likely N-dealkylation sites (N-methyl/N-ethyl adjacent to an activating group) is 1. The maximum absolute atomic E-state index is 12.3. The molecule has 1 aromatic rings. The molecule has 1 saturated heterocycles. The van der Waals surface area contributed by atoms with E-state index in [4.69, 9.17) is 0 Å². The molecular weight excluding hydrogens is 346 g/mol. The predicted octanol–water partition coefficient (Wildman–Crippen LogP) is 0.000100. The van der Waals surface area contributed by atoms with E-state index in [1.807, 2.05) is 30.3 Å². The van der Waals surface area contributed by atoms with Crippen molar-refractivity contribution < 1.29 is 22.8 Å². The second kappa shape index (κ2) is 7.64. The molecule has 1 fully saturated rings. The molecule has 0 aromatic heterocycles. The summed E-state index contributed by atoms with van der Waals surface area (Å²) in [4.78, 5) is 38.7. The summed E-state index contributed by atoms with van der Waals surface area (Å²) in [5, 5.41) is 2.42. The third-order valence-corrected chi connectivity index (χ3v) is 4.84. The van der Waals surface area contributed by atoms with Crippen molar-refractivity contribution in [2.24, 2.45) is 0 Å². The summed E-state index contributed by atoms with van der Waals surface area (Å²) in [5.74, 6) is -1.16. The van der Waals surface area contributed by atoms with Gasteiger partial charge in [0.2, 0.25) is 5.91 Å². The average Bonchev–Trinajstić information content (AvgIpc) is 2.80. The molecule has 1 N–H and O–H groups in total. The van der Waals surface area contributed by atoms with Crippen LogP contribution in [0.4, 0.5) is 4.79 Å². The summed E-state index contributed by atoms with van der Waals surface area (Å²) in [6.07, 6.45) is 1.06. The number of rotatable bonds is 7. The summed E-state index contributed by atoms with van der Waals surface area (Å²) < 4.78 is 22.4. The summed E-state index contributed by atoms with van der Waals surface area (Å²) in [6.45, 7) is -0.00972. The van der Waals surface area contributed by atoms with Gasteiger partial charge in [-0.25, -0.2) is 13.2 Å². The molecule has 0 spiro atoms. The van der Waals surface area contributed by atoms with Crippen molar-refractivity contribution in [3.63, 3.8) is 0 Å². The fraction of sp³-hybridized carbons (Fsp3) is 0.438. The highest BCUT2D eigenvalue weighted by molar-refractivity contribution is 7.90. The first-order valence-corrected chi connectivity index (χ1v) is 9.81. The largest absolute Gasteiger partial charge is 0.340 e. The van der Waals surface area contributed by atoms with Crippen molar-refractivity contribution in [1.29, 1.82) is 0 Å². The number of benzene rings is 1. The Balaban J connectivity index is 1.93. The number of sulfone groups is 1. The molecule has 0 bridgehead atoms. The van der Waals surface area contributed by atoms with Crippen molar-refractivity contribution >= 4 is 27.7 Å². The zero-order valence-corrected chi connectivity index (χ0v) is 15.0. The van der Waals surface area contributed by atoms with Crippen molar-refractivity contribution in [1.82, 2.24) is 15.1 Å². The van der Waals surface area contributed by atoms with Crippen LogP contribution in [0, 0.1) is 0 Å². The van der Waals surface area contributed by atoms with Crippen molar-refractivity contribution in [3.8, 4) is 0 Å². The Kier molecular flexibility index (Phi) is 5.78. The van der Waals surface area contributed by atoms with Gasteiger partial charge in [-0.05, 0) is 12.0 Å². The lowest BCUT2D eigenvalue weighted by Gasteiger charge is -2.20. The molecule has 8 nitrogen and oxygen atoms in total. The monoisotopic (exact) mass is 367 g/mol. The maximum atomic E-state index is 12.3. The fourth-order valence-electron chi connectivity index (χ4n) is 2.46. The van der Waals surface area contributed by atoms with Crippen molar-refractivity contribution in [3.05, 3.63) is 35.9 Å². The van der Waals surface area contributed by atoms with Gasteiger partial charge in [0.15, 0.2) is 0 Å². The molecule has 25 heavy (non-hydrogen) atoms. The van der Waals surface area contributed by atoms with Gasteiger partial charge in [0, 0.05) is 19.8 Å². The van der Waals surface area contributed by atoms with Crippen LogP contribution in [0.2, 0.25) is 0 Å². The topological polar surface area (TPSA) is 104 Å². The maximum Gasteiger partial charge on any atom is 0.325 e. The number of carbonyl (C=O) groups excluding carboxylic acids is 3. The molecule has 9 heteroatoms. The SMILES string of the molecule is CN(Cc1ccccc1)C(=O)CN1C(=O)NC(CCS(C)(=O)=O)C1=O. The minimum absolute atomic E-state index is 0.00600. The van der Waals surface area contributed by atoms with Crippen LogP contribution in [0.15, 0.2) is 30.3 Å². The van der Waals surface area contributed by atoms with Gasteiger partial charge in [0.05, 0.1) is 5.75 Å². The van der Waals surface area contributed by atoms with E-state index in [1.54, 1.807) is 7.05 Å². The van der Waals surface area contributed by atoms with Crippen LogP contribution in [0.3, 0.4) is 0 Å². The van der Waals surface area contributed by atoms with Crippen LogP contribution in [0.5, 0.6) is 0 Å². The van der Waals surface area contributed by atoms with Crippen molar-refractivity contribution in [2.45, 2.75) is 19.0 Å². The Morgan fingerprint density at radius 2 is 1.88 bits per heavy atom. The molecule has 4 amide bonds. The number of hydrogen-bond donors (Lipinski definition) is 1. The summed E-state index contributed by atoms with van der Waals surface area (Å²) in [7, 11) is -1.65. The Bertz CT molecular complexity index is 763. The summed E-state index contributed by atoms with van der Waals surface area (Å²) in [5.41, 5.74) is 0.932. The smallest absolute Gasteiger partial charge is 0.325 e. The first-order chi connectivity index (χ1) is 11.7. The molecule has 1 aliphatic rings. The van der Waals surface area contributed by atoms with Crippen LogP contribution >= 0.6 is 0 Å². The number of nitrogens with one attached hydrogen (secondary N) is 1. The number of imide groups is 1. The number of amides is 4. The van der Waals surface area contributed by atoms with Gasteiger partial charge in [0.25, 0.3) is 5.91 Å². The zero-order chi connectivity index (χ0) is 18.6. The third-order valence-electron chi connectivity index (χ3n) is 3.87. The zero-order valence-electron chi connectivity index (χ0n) is 14.1. The Morgan fingerprint density at radius 1 is 1.24 bits per heavy atom. The fourth-order valence-corrected chi connectivity index (χ4v) is 3.12. The van der Waals surface area contributed by atoms with Crippen LogP contribution < -0.4 is 5.32 Å². The minimum Gasteiger partial charge on any atom is -0.340 e. The standard InChI is InChI=1S/C16H21N3O5S/c1-18(10-12-6-4-3-5-7-12)14(20)11-19-15(21)13(17-16(19)22)8-9-25(2,23)24/h3-7,13H,8-11H2,1-2H3,(H,17,22). The normalized spacial score (nSPS) is 17.5. The van der Waals surface area contributed by atoms with Crippen LogP contribution in [0.25, 0.3) is 0 Å². The van der Waals surface area contributed by atoms with E-state index in [9.17, 15) is 22.8 Å². The number of carbonyl (C=O) groups is 3. The first-order valence-electron chi connectivity index (χ1n) is 7.75. The van der Waals surface area contributed by atoms with Crippen LogP contribution in [0.1, 0.15) is 12.0 Å². The van der Waals surface area contributed by atoms with Gasteiger partial charge >= 0.3 is 6.03 Å². The van der Waals surface area contributed by atoms with Gasteiger partial charge in [-0.3, -0.25) is 14.5 Å². The molecule has 1 unspecified atom stereocenters. The van der Waals surface area contributed by atoms with E-state index in [-0.39, 0.29) is 24.6 Å². The van der Waals surface area contributed by atoms with E-state index in [0.717, 1.165) is 16.7 Å². The molecule has 0 aliphatic carbocycles. The van der Waals surface area contributed by atoms with E-state index in [2.05, 4.69) is 5.32 Å². The van der Waals surface area contributed by atoms with E-state index < -0.39 is 27.8 Å². The lowest BCUT2D eigenvalue weighted by molar-refractivity contribution is -0.136. The number of nitrogens with zero attached hydrogens (tertiary/aromatic N) is 2. The second-order valence-electron chi connectivity index (χ2n) is 6.08. The Labute approximate surface area is 146 Å². The molecule has 136 valence electrons. The van der Waals surface area contributed by atoms with Gasteiger partial charge in [0.1, 0.15) is 22.4 Å². The molecule has 1 heterocycles. The minimum atomic E-state index is -3.24. The van der Waals surface area contributed by atoms with E-state index in [0.29, 0.717) is 6.54 Å². The Morgan fingerprint density at radius 3 is 2.48 bits per heavy atom. The van der Waals surface area contributed by atoms with Gasteiger partial charge in [-0.2, -0.15) is 0 Å². The van der Waals surface area contributed by atoms with Gasteiger partial charge in [-0.15, -0.1) is 0 Å². The quantitative estimate of drug-likeness (QED) is 0.683. The Hall–Kier alpha value is -2.42. The average molecular weight is 367 g/mol. The van der Waals surface area contributed by atoms with Gasteiger partial charge < -0.3 is 10.2 Å². The predicted molar refractivity (Wildman–Crippen MR) is 91.3 cm³/mol. The molecule has 2 rings (SSSR count). The molecular formula is C16H21N3O5S. The first kappa shape index (κ1) is 18.9. The molecule has 1 aromatic carbocycles. The molecule has 0 saturated carbocycles. The summed E-state index contributed by atoms with van der Waals surface area (Å²) >= 11 is 0. The summed E-state index contributed by atoms with van der Waals surface area (Å²) in [6, 6.07) is 7.75. The number of urea groups is 1. The number of hydrogen-bond acceptors (Lipinski definition) is 5. The molecule has 1 aliphatic heterocycles. The second-order valence-corrected chi connectivity index (χ2v) is 8.34. The van der Waals surface area contributed by atoms with Gasteiger partial charge in [-0.1, -0.05) is 30.3 Å². The lowest BCUT2D eigenvalue weighted by Crippen LogP contribution is -2.41.